The molecule has 0 aliphatic carbocycles. The van der Waals surface area contributed by atoms with Crippen LogP contribution in [-0.4, -0.2) is 136 Å². The molecule has 0 unspecified atom stereocenters. The zero-order valence-corrected chi connectivity index (χ0v) is 53.7. The van der Waals surface area contributed by atoms with Gasteiger partial charge in [0.15, 0.2) is 0 Å². The van der Waals surface area contributed by atoms with E-state index >= 15 is 0 Å². The third kappa shape index (κ3) is 21.1. The van der Waals surface area contributed by atoms with Gasteiger partial charge in [0.1, 0.15) is 17.5 Å². The highest BCUT2D eigenvalue weighted by atomic mass is 79.9. The lowest BCUT2D eigenvalue weighted by Gasteiger charge is -2.41. The fourth-order valence-electron chi connectivity index (χ4n) is 11.1. The Balaban J connectivity index is 0.000000171. The Morgan fingerprint density at radius 3 is 1.32 bits per heavy atom. The maximum Gasteiger partial charge on any atom is 0.488 e. The van der Waals surface area contributed by atoms with Crippen LogP contribution in [0.1, 0.15) is 87.7 Å². The molecule has 3 amide bonds. The Bertz CT molecular complexity index is 4130. The van der Waals surface area contributed by atoms with Gasteiger partial charge in [0.25, 0.3) is 17.7 Å². The first-order valence-electron chi connectivity index (χ1n) is 30.7. The molecule has 0 saturated carbocycles. The topological polar surface area (TPSA) is 200 Å². The smallest absolute Gasteiger partial charge is 0.478 e. The highest BCUT2D eigenvalue weighted by Gasteiger charge is 2.38. The first-order chi connectivity index (χ1) is 46.8. The lowest BCUT2D eigenvalue weighted by atomic mass is 9.79. The van der Waals surface area contributed by atoms with Gasteiger partial charge in [-0.25, -0.2) is 22.8 Å². The maximum atomic E-state index is 14.8. The average Bonchev–Trinajstić information content (AvgIpc) is 1.34. The Hall–Kier alpha value is -9.35. The molecule has 4 heterocycles. The molecule has 0 spiro atoms. The number of halogens is 13. The average molecular weight is 1450 g/mol. The number of hydrogen-bond acceptors (Lipinski definition) is 9. The van der Waals surface area contributed by atoms with E-state index in [0.717, 1.165) is 91.7 Å². The van der Waals surface area contributed by atoms with Gasteiger partial charge in [0.05, 0.1) is 33.4 Å². The highest BCUT2D eigenvalue weighted by Crippen LogP contribution is 2.35. The van der Waals surface area contributed by atoms with E-state index in [-0.39, 0.29) is 62.7 Å². The molecule has 2 atom stereocenters. The Morgan fingerprint density at radius 1 is 0.455 bits per heavy atom. The number of carboxylic acid groups (broad SMARTS) is 2. The molecule has 8 aromatic carbocycles. The van der Waals surface area contributed by atoms with Gasteiger partial charge in [-0.15, -0.1) is 0 Å². The van der Waals surface area contributed by atoms with Crippen LogP contribution < -0.4 is 16.1 Å². The highest BCUT2D eigenvalue weighted by molar-refractivity contribution is 9.10. The van der Waals surface area contributed by atoms with E-state index in [1.165, 1.54) is 91.5 Å². The number of aromatic carboxylic acids is 2. The summed E-state index contributed by atoms with van der Waals surface area (Å²) in [7, 11) is -1.87. The molecular weight excluding hydrogens is 1390 g/mol. The number of hydrogen-bond donors (Lipinski definition) is 6. The molecule has 8 aromatic rings. The third-order valence-corrected chi connectivity index (χ3v) is 16.9. The number of nitrogens with zero attached hydrogens (tertiary/aromatic N) is 3. The lowest BCUT2D eigenvalue weighted by molar-refractivity contribution is -0.138. The van der Waals surface area contributed by atoms with E-state index in [2.05, 4.69) is 26.6 Å². The van der Waals surface area contributed by atoms with Crippen LogP contribution in [0.5, 0.6) is 0 Å². The van der Waals surface area contributed by atoms with Gasteiger partial charge in [-0.2, -0.15) is 39.5 Å². The fourth-order valence-corrected chi connectivity index (χ4v) is 11.4. The van der Waals surface area contributed by atoms with E-state index < -0.39 is 83.2 Å². The van der Waals surface area contributed by atoms with Crippen molar-refractivity contribution in [1.29, 1.82) is 0 Å². The molecule has 4 fully saturated rings. The van der Waals surface area contributed by atoms with Crippen molar-refractivity contribution in [3.63, 3.8) is 0 Å². The Kier molecular flexibility index (Phi) is 25.5. The van der Waals surface area contributed by atoms with Crippen LogP contribution in [0.2, 0.25) is 0 Å². The molecule has 0 radical (unpaired) electrons. The van der Waals surface area contributed by atoms with Crippen LogP contribution in [0.15, 0.2) is 193 Å². The molecule has 99 heavy (non-hydrogen) atoms. The lowest BCUT2D eigenvalue weighted by Crippen LogP contribution is -2.62. The van der Waals surface area contributed by atoms with Gasteiger partial charge in [-0.05, 0) is 163 Å². The number of carboxylic acids is 2. The number of carbonyl (C=O) groups is 5. The summed E-state index contributed by atoms with van der Waals surface area (Å²) in [5, 5.41) is 41.1. The predicted molar refractivity (Wildman–Crippen MR) is 348 cm³/mol. The van der Waals surface area contributed by atoms with E-state index in [1.807, 2.05) is 58.3 Å². The third-order valence-electron chi connectivity index (χ3n) is 16.4. The number of carbonyl (C=O) groups excluding carboxylic acids is 3. The first kappa shape index (κ1) is 75.4. The number of rotatable bonds is 12. The normalized spacial score (nSPS) is 16.0. The molecule has 4 aliphatic heterocycles. The van der Waals surface area contributed by atoms with Gasteiger partial charge in [0.2, 0.25) is 0 Å². The molecule has 28 heteroatoms. The second-order valence-corrected chi connectivity index (χ2v) is 24.4. The first-order valence-corrected chi connectivity index (χ1v) is 31.5. The van der Waals surface area contributed by atoms with Crippen molar-refractivity contribution >= 4 is 58.2 Å². The van der Waals surface area contributed by atoms with Crippen LogP contribution in [-0.2, 0) is 18.5 Å². The molecule has 520 valence electrons. The zero-order chi connectivity index (χ0) is 71.9. The van der Waals surface area contributed by atoms with Crippen molar-refractivity contribution < 1.29 is 96.9 Å². The van der Waals surface area contributed by atoms with Crippen LogP contribution in [0, 0.1) is 29.3 Å². The van der Waals surface area contributed by atoms with Crippen molar-refractivity contribution in [2.24, 2.45) is 11.8 Å². The van der Waals surface area contributed by atoms with Crippen molar-refractivity contribution in [3.8, 4) is 22.3 Å². The van der Waals surface area contributed by atoms with Crippen molar-refractivity contribution in [2.75, 3.05) is 52.4 Å². The SMILES string of the molecule is O=C(O)c1ccc(-c2cccc(C(F)(F)F)c2)cc1F.O=C(O)c1ccc(Br)cc1F.O=C(c1ccccc1)N1CC[C@H](CC2CNC2)C1.O=C(c1ccccc1)N1CC[C@H](NC2CN(C(=O)c3ccc(-c4cccc(C(F)(F)F)c4)cc3F)C2)C1.OB(O)c1cccc(C(F)(F)F)c1. The molecule has 14 nitrogen and oxygen atoms in total. The van der Waals surface area contributed by atoms with Crippen LogP contribution in [0.4, 0.5) is 52.7 Å². The molecule has 4 saturated heterocycles. The number of alkyl halides is 9. The van der Waals surface area contributed by atoms with Crippen molar-refractivity contribution in [1.82, 2.24) is 25.3 Å². The molecule has 0 bridgehead atoms. The molecular formula is C71H63BBrF12N5O9. The van der Waals surface area contributed by atoms with Crippen molar-refractivity contribution in [2.45, 2.75) is 49.9 Å². The number of nitrogens with one attached hydrogen (secondary N) is 2. The summed E-state index contributed by atoms with van der Waals surface area (Å²) >= 11 is 3.01. The van der Waals surface area contributed by atoms with Crippen LogP contribution in [0.25, 0.3) is 22.3 Å². The minimum atomic E-state index is -4.50. The van der Waals surface area contributed by atoms with E-state index in [1.54, 1.807) is 12.1 Å². The predicted octanol–water partition coefficient (Wildman–Crippen LogP) is 13.5. The molecule has 6 N–H and O–H groups in total. The minimum Gasteiger partial charge on any atom is -0.478 e. The number of amides is 3. The second-order valence-electron chi connectivity index (χ2n) is 23.5. The Labute approximate surface area is 568 Å². The van der Waals surface area contributed by atoms with Crippen molar-refractivity contribution in [3.05, 3.63) is 254 Å². The quantitative estimate of drug-likeness (QED) is 0.0502. The minimum absolute atomic E-state index is 0.000585. The summed E-state index contributed by atoms with van der Waals surface area (Å²) in [6, 6.07) is 42.7. The zero-order valence-electron chi connectivity index (χ0n) is 52.1. The summed E-state index contributed by atoms with van der Waals surface area (Å²) in [6.07, 6.45) is -10.2. The van der Waals surface area contributed by atoms with Gasteiger partial charge >= 0.3 is 37.6 Å². The van der Waals surface area contributed by atoms with Crippen LogP contribution in [0.3, 0.4) is 0 Å². The van der Waals surface area contributed by atoms with E-state index in [9.17, 15) is 76.7 Å². The van der Waals surface area contributed by atoms with Crippen LogP contribution >= 0.6 is 15.9 Å². The Morgan fingerprint density at radius 2 is 0.879 bits per heavy atom. The molecule has 4 aliphatic rings. The monoisotopic (exact) mass is 1450 g/mol. The van der Waals surface area contributed by atoms with E-state index in [0.29, 0.717) is 48.2 Å². The standard InChI is InChI=1S/C28H25F4N3O2.C15H20N2O.C14H8F4O2.C7H6BF3O2.C7H4BrFO2/c29-25-14-20(19-7-4-8-21(13-19)28(30,31)32)9-10-24(25)27(37)35-16-23(17-35)33-22-11-12-34(15-22)26(36)18-5-2-1-3-6-18;18-15(14-4-2-1-3-5-14)17-7-6-12(11-17)8-13-9-16-10-13;15-12-7-9(4-5-11(12)13(19)20)8-2-1-3-10(6-8)14(16,17)18;9-7(10,11)5-2-1-3-6(4-5)8(12)13;8-4-1-2-5(7(10)11)6(9)3-4/h1-10,13-14,22-23,33H,11-12,15-17H2;1-5,12-13,16H,6-11H2;1-7H,(H,19,20);1-4,12-13H;1-3H,(H,10,11)/t22-;12-;;;/m01.../s1. The summed E-state index contributed by atoms with van der Waals surface area (Å²) in [6.45, 7) is 6.29. The van der Waals surface area contributed by atoms with Gasteiger partial charge in [-0.3, -0.25) is 14.4 Å². The summed E-state index contributed by atoms with van der Waals surface area (Å²) in [5.41, 5.74) is -1.38. The van der Waals surface area contributed by atoms with Gasteiger partial charge in [-0.1, -0.05) is 113 Å². The van der Waals surface area contributed by atoms with Gasteiger partial charge in [0, 0.05) is 67.0 Å². The van der Waals surface area contributed by atoms with Gasteiger partial charge < -0.3 is 45.6 Å². The fraction of sp³-hybridized carbons (Fsp3) is 0.254. The number of likely N-dealkylation sites (tertiary alicyclic amines) is 3. The molecule has 0 aromatic heterocycles. The summed E-state index contributed by atoms with van der Waals surface area (Å²) < 4.78 is 155. The maximum absolute atomic E-state index is 14.8. The van der Waals surface area contributed by atoms with E-state index in [4.69, 9.17) is 20.3 Å². The summed E-state index contributed by atoms with van der Waals surface area (Å²) in [4.78, 5) is 64.0. The molecule has 12 rings (SSSR count). The second kappa shape index (κ2) is 33.5. The summed E-state index contributed by atoms with van der Waals surface area (Å²) in [5.74, 6) is -3.89. The largest absolute Gasteiger partial charge is 0.488 e. The number of benzene rings is 8.